The average Bonchev–Trinajstić information content (AvgIpc) is 2.51. The molecule has 4 heteroatoms. The second kappa shape index (κ2) is 7.51. The summed E-state index contributed by atoms with van der Waals surface area (Å²) in [6.45, 7) is 7.84. The van der Waals surface area contributed by atoms with Crippen LogP contribution in [0.4, 0.5) is 5.69 Å². The summed E-state index contributed by atoms with van der Waals surface area (Å²) in [5.74, 6) is 0.501. The van der Waals surface area contributed by atoms with Gasteiger partial charge in [0.05, 0.1) is 0 Å². The molecule has 2 aromatic rings. The van der Waals surface area contributed by atoms with E-state index in [1.54, 1.807) is 12.1 Å². The van der Waals surface area contributed by atoms with Crippen LogP contribution in [-0.2, 0) is 4.79 Å². The first-order valence-electron chi connectivity index (χ1n) is 7.71. The third-order valence-electron chi connectivity index (χ3n) is 3.71. The molecule has 1 amide bonds. The van der Waals surface area contributed by atoms with Gasteiger partial charge < -0.3 is 10.1 Å². The predicted molar refractivity (Wildman–Crippen MR) is 95.4 cm³/mol. The number of aryl methyl sites for hydroxylation is 3. The summed E-state index contributed by atoms with van der Waals surface area (Å²) in [5.41, 5.74) is 3.94. The number of halogens is 1. The Kier molecular flexibility index (Phi) is 5.67. The summed E-state index contributed by atoms with van der Waals surface area (Å²) in [7, 11) is 0. The van der Waals surface area contributed by atoms with Gasteiger partial charge in [0.1, 0.15) is 5.75 Å². The Labute approximate surface area is 142 Å². The molecule has 0 heterocycles. The smallest absolute Gasteiger partial charge is 0.265 e. The first-order valence-corrected chi connectivity index (χ1v) is 8.09. The van der Waals surface area contributed by atoms with E-state index in [2.05, 4.69) is 5.32 Å². The van der Waals surface area contributed by atoms with Crippen LogP contribution < -0.4 is 10.1 Å². The van der Waals surface area contributed by atoms with Crippen molar-refractivity contribution in [2.24, 2.45) is 0 Å². The zero-order valence-electron chi connectivity index (χ0n) is 13.9. The molecule has 23 heavy (non-hydrogen) atoms. The minimum Gasteiger partial charge on any atom is -0.481 e. The van der Waals surface area contributed by atoms with Gasteiger partial charge in [-0.3, -0.25) is 4.79 Å². The maximum atomic E-state index is 12.5. The van der Waals surface area contributed by atoms with Crippen LogP contribution in [0.25, 0.3) is 0 Å². The van der Waals surface area contributed by atoms with Gasteiger partial charge in [0.15, 0.2) is 6.10 Å². The fourth-order valence-electron chi connectivity index (χ4n) is 2.34. The molecule has 1 atom stereocenters. The van der Waals surface area contributed by atoms with Crippen molar-refractivity contribution in [3.8, 4) is 5.75 Å². The second-order valence-electron chi connectivity index (χ2n) is 5.73. The third-order valence-corrected chi connectivity index (χ3v) is 4.13. The third kappa shape index (κ3) is 4.49. The molecule has 0 spiro atoms. The molecule has 2 aromatic carbocycles. The van der Waals surface area contributed by atoms with Crippen LogP contribution in [-0.4, -0.2) is 12.0 Å². The van der Waals surface area contributed by atoms with Crippen molar-refractivity contribution in [3.05, 3.63) is 58.1 Å². The minimum atomic E-state index is -0.545. The highest BCUT2D eigenvalue weighted by Gasteiger charge is 2.19. The molecule has 0 aromatic heterocycles. The first kappa shape index (κ1) is 17.4. The van der Waals surface area contributed by atoms with Crippen molar-refractivity contribution in [1.82, 2.24) is 0 Å². The largest absolute Gasteiger partial charge is 0.481 e. The lowest BCUT2D eigenvalue weighted by atomic mass is 10.1. The normalized spacial score (nSPS) is 11.9. The Morgan fingerprint density at radius 3 is 2.48 bits per heavy atom. The van der Waals surface area contributed by atoms with Crippen LogP contribution in [0.5, 0.6) is 5.75 Å². The standard InChI is InChI=1S/C19H22ClNO2/c1-5-18(23-15-7-8-16(20)13(3)11-15)19(22)21-17-9-6-12(2)10-14(17)4/h6-11,18H,5H2,1-4H3,(H,21,22)/t18-/m0/s1. The molecule has 3 nitrogen and oxygen atoms in total. The maximum absolute atomic E-state index is 12.5. The van der Waals surface area contributed by atoms with E-state index in [0.29, 0.717) is 17.2 Å². The maximum Gasteiger partial charge on any atom is 0.265 e. The van der Waals surface area contributed by atoms with E-state index in [0.717, 1.165) is 16.8 Å². The fourth-order valence-corrected chi connectivity index (χ4v) is 2.46. The molecule has 0 unspecified atom stereocenters. The van der Waals surface area contributed by atoms with Crippen molar-refractivity contribution in [2.45, 2.75) is 40.2 Å². The van der Waals surface area contributed by atoms with Gasteiger partial charge in [0.2, 0.25) is 0 Å². The minimum absolute atomic E-state index is 0.146. The average molecular weight is 332 g/mol. The number of anilines is 1. The highest BCUT2D eigenvalue weighted by atomic mass is 35.5. The summed E-state index contributed by atoms with van der Waals surface area (Å²) in [6, 6.07) is 11.3. The van der Waals surface area contributed by atoms with E-state index in [-0.39, 0.29) is 5.91 Å². The Hall–Kier alpha value is -2.00. The van der Waals surface area contributed by atoms with Gasteiger partial charge >= 0.3 is 0 Å². The molecule has 0 aliphatic carbocycles. The predicted octanol–water partition coefficient (Wildman–Crippen LogP) is 5.06. The van der Waals surface area contributed by atoms with Gasteiger partial charge in [0, 0.05) is 10.7 Å². The Bertz CT molecular complexity index is 713. The second-order valence-corrected chi connectivity index (χ2v) is 6.14. The number of nitrogens with one attached hydrogen (secondary N) is 1. The molecule has 1 N–H and O–H groups in total. The van der Waals surface area contributed by atoms with Gasteiger partial charge in [0.25, 0.3) is 5.91 Å². The number of benzene rings is 2. The topological polar surface area (TPSA) is 38.3 Å². The van der Waals surface area contributed by atoms with Crippen molar-refractivity contribution in [2.75, 3.05) is 5.32 Å². The number of carbonyl (C=O) groups excluding carboxylic acids is 1. The number of rotatable bonds is 5. The van der Waals surface area contributed by atoms with Crippen LogP contribution in [0.2, 0.25) is 5.02 Å². The van der Waals surface area contributed by atoms with E-state index >= 15 is 0 Å². The van der Waals surface area contributed by atoms with Crippen molar-refractivity contribution in [1.29, 1.82) is 0 Å². The van der Waals surface area contributed by atoms with Gasteiger partial charge in [-0.05, 0) is 62.6 Å². The molecule has 0 radical (unpaired) electrons. The first-order chi connectivity index (χ1) is 10.9. The lowest BCUT2D eigenvalue weighted by Crippen LogP contribution is -2.32. The summed E-state index contributed by atoms with van der Waals surface area (Å²) in [4.78, 5) is 12.5. The summed E-state index contributed by atoms with van der Waals surface area (Å²) >= 11 is 6.02. The Balaban J connectivity index is 2.10. The van der Waals surface area contributed by atoms with Gasteiger partial charge in [-0.15, -0.1) is 0 Å². The van der Waals surface area contributed by atoms with Gasteiger partial charge in [-0.2, -0.15) is 0 Å². The van der Waals surface area contributed by atoms with E-state index in [9.17, 15) is 4.79 Å². The number of carbonyl (C=O) groups is 1. The zero-order chi connectivity index (χ0) is 17.0. The van der Waals surface area contributed by atoms with Gasteiger partial charge in [-0.1, -0.05) is 36.2 Å². The van der Waals surface area contributed by atoms with Crippen LogP contribution in [0, 0.1) is 20.8 Å². The van der Waals surface area contributed by atoms with E-state index in [1.165, 1.54) is 5.56 Å². The van der Waals surface area contributed by atoms with Crippen molar-refractivity contribution >= 4 is 23.2 Å². The number of amides is 1. The lowest BCUT2D eigenvalue weighted by molar-refractivity contribution is -0.122. The highest BCUT2D eigenvalue weighted by molar-refractivity contribution is 6.31. The molecule has 0 saturated heterocycles. The lowest BCUT2D eigenvalue weighted by Gasteiger charge is -2.18. The molecule has 0 aliphatic heterocycles. The van der Waals surface area contributed by atoms with Crippen LogP contribution in [0.3, 0.4) is 0 Å². The van der Waals surface area contributed by atoms with Crippen molar-refractivity contribution in [3.63, 3.8) is 0 Å². The quantitative estimate of drug-likeness (QED) is 0.831. The number of hydrogen-bond acceptors (Lipinski definition) is 2. The summed E-state index contributed by atoms with van der Waals surface area (Å²) in [5, 5.41) is 3.63. The van der Waals surface area contributed by atoms with E-state index < -0.39 is 6.10 Å². The Morgan fingerprint density at radius 1 is 1.13 bits per heavy atom. The van der Waals surface area contributed by atoms with Crippen LogP contribution in [0.15, 0.2) is 36.4 Å². The van der Waals surface area contributed by atoms with Crippen LogP contribution >= 0.6 is 11.6 Å². The molecule has 0 saturated carbocycles. The zero-order valence-corrected chi connectivity index (χ0v) is 14.7. The number of ether oxygens (including phenoxy) is 1. The number of hydrogen-bond donors (Lipinski definition) is 1. The monoisotopic (exact) mass is 331 g/mol. The summed E-state index contributed by atoms with van der Waals surface area (Å²) in [6.07, 6.45) is 0.0366. The van der Waals surface area contributed by atoms with Crippen LogP contribution in [0.1, 0.15) is 30.0 Å². The molecule has 0 bridgehead atoms. The Morgan fingerprint density at radius 2 is 1.87 bits per heavy atom. The van der Waals surface area contributed by atoms with Crippen molar-refractivity contribution < 1.29 is 9.53 Å². The molecule has 0 aliphatic rings. The summed E-state index contributed by atoms with van der Waals surface area (Å²) < 4.78 is 5.83. The van der Waals surface area contributed by atoms with Gasteiger partial charge in [-0.25, -0.2) is 0 Å². The molecular formula is C19H22ClNO2. The SMILES string of the molecule is CC[C@H](Oc1ccc(Cl)c(C)c1)C(=O)Nc1ccc(C)cc1C. The molecular weight excluding hydrogens is 310 g/mol. The molecule has 0 fully saturated rings. The van der Waals surface area contributed by atoms with E-state index in [4.69, 9.17) is 16.3 Å². The molecule has 122 valence electrons. The highest BCUT2D eigenvalue weighted by Crippen LogP contribution is 2.23. The fraction of sp³-hybridized carbons (Fsp3) is 0.316. The molecule has 2 rings (SSSR count). The van der Waals surface area contributed by atoms with E-state index in [1.807, 2.05) is 52.0 Å².